The normalized spacial score (nSPS) is 10.9. The summed E-state index contributed by atoms with van der Waals surface area (Å²) in [5.41, 5.74) is 2.37. The van der Waals surface area contributed by atoms with Crippen LogP contribution in [-0.2, 0) is 6.42 Å². The van der Waals surface area contributed by atoms with Crippen LogP contribution in [0.3, 0.4) is 0 Å². The van der Waals surface area contributed by atoms with Gasteiger partial charge in [0.25, 0.3) is 0 Å². The third-order valence-electron chi connectivity index (χ3n) is 4.13. The number of phenols is 1. The Morgan fingerprint density at radius 2 is 1.79 bits per heavy atom. The van der Waals surface area contributed by atoms with E-state index in [4.69, 9.17) is 4.74 Å². The van der Waals surface area contributed by atoms with Crippen LogP contribution >= 0.6 is 0 Å². The average Bonchev–Trinajstić information content (AvgIpc) is 2.70. The summed E-state index contributed by atoms with van der Waals surface area (Å²) in [7, 11) is 0. The third kappa shape index (κ3) is 4.73. The Kier molecular flexibility index (Phi) is 6.01. The van der Waals surface area contributed by atoms with Gasteiger partial charge in [0, 0.05) is 17.8 Å². The zero-order valence-electron chi connectivity index (χ0n) is 15.4. The lowest BCUT2D eigenvalue weighted by Crippen LogP contribution is -1.97. The monoisotopic (exact) mass is 376 g/mol. The first-order valence-electron chi connectivity index (χ1n) is 8.88. The van der Waals surface area contributed by atoms with Crippen LogP contribution in [0.2, 0.25) is 0 Å². The second-order valence-electron chi connectivity index (χ2n) is 6.16. The van der Waals surface area contributed by atoms with Crippen molar-refractivity contribution in [3.05, 3.63) is 93.5 Å². The summed E-state index contributed by atoms with van der Waals surface area (Å²) >= 11 is 0. The number of rotatable bonds is 7. The summed E-state index contributed by atoms with van der Waals surface area (Å²) in [6, 6.07) is 19.9. The van der Waals surface area contributed by atoms with Gasteiger partial charge in [0.1, 0.15) is 5.75 Å². The molecule has 1 N–H and O–H groups in total. The maximum Gasteiger partial charge on any atom is 0.311 e. The molecule has 0 radical (unpaired) electrons. The molecule has 0 aliphatic heterocycles. The van der Waals surface area contributed by atoms with E-state index in [9.17, 15) is 15.2 Å². The summed E-state index contributed by atoms with van der Waals surface area (Å²) in [4.78, 5) is 15.1. The maximum atomic E-state index is 11.3. The van der Waals surface area contributed by atoms with Gasteiger partial charge in [0.2, 0.25) is 5.75 Å². The molecule has 6 heteroatoms. The number of nitro groups is 1. The van der Waals surface area contributed by atoms with Gasteiger partial charge in [-0.15, -0.1) is 0 Å². The zero-order valence-corrected chi connectivity index (χ0v) is 15.4. The van der Waals surface area contributed by atoms with E-state index in [1.807, 2.05) is 37.3 Å². The van der Waals surface area contributed by atoms with Crippen LogP contribution in [0.25, 0.3) is 0 Å². The van der Waals surface area contributed by atoms with E-state index in [-0.39, 0.29) is 5.69 Å². The molecule has 142 valence electrons. The highest BCUT2D eigenvalue weighted by atomic mass is 16.6. The molecule has 0 saturated carbocycles. The Labute approximate surface area is 162 Å². The van der Waals surface area contributed by atoms with Crippen molar-refractivity contribution in [2.24, 2.45) is 4.99 Å². The molecule has 6 nitrogen and oxygen atoms in total. The molecule has 0 atom stereocenters. The van der Waals surface area contributed by atoms with Crippen molar-refractivity contribution < 1.29 is 14.8 Å². The van der Waals surface area contributed by atoms with Crippen molar-refractivity contribution in [2.45, 2.75) is 13.3 Å². The molecule has 3 rings (SSSR count). The minimum Gasteiger partial charge on any atom is -0.502 e. The van der Waals surface area contributed by atoms with Crippen molar-refractivity contribution >= 4 is 17.6 Å². The van der Waals surface area contributed by atoms with Gasteiger partial charge in [-0.3, -0.25) is 15.1 Å². The molecule has 0 spiro atoms. The molecule has 0 aliphatic carbocycles. The molecular weight excluding hydrogens is 356 g/mol. The molecule has 0 amide bonds. The summed E-state index contributed by atoms with van der Waals surface area (Å²) in [5, 5.41) is 21.6. The predicted octanol–water partition coefficient (Wildman–Crippen LogP) is 5.04. The van der Waals surface area contributed by atoms with Gasteiger partial charge in [-0.05, 0) is 54.8 Å². The zero-order chi connectivity index (χ0) is 19.9. The number of phenolic OH excluding ortho intramolecular Hbond substituents is 1. The fourth-order valence-electron chi connectivity index (χ4n) is 2.81. The Balaban J connectivity index is 1.91. The highest BCUT2D eigenvalue weighted by molar-refractivity contribution is 5.87. The molecular formula is C22H20N2O4. The minimum absolute atomic E-state index is 0.300. The smallest absolute Gasteiger partial charge is 0.311 e. The van der Waals surface area contributed by atoms with Gasteiger partial charge in [-0.1, -0.05) is 30.3 Å². The number of aliphatic imine (C=N–C) groups is 1. The van der Waals surface area contributed by atoms with Crippen LogP contribution in [0.5, 0.6) is 11.5 Å². The van der Waals surface area contributed by atoms with Crippen molar-refractivity contribution in [3.63, 3.8) is 0 Å². The fourth-order valence-corrected chi connectivity index (χ4v) is 2.81. The van der Waals surface area contributed by atoms with E-state index in [2.05, 4.69) is 4.99 Å². The second-order valence-corrected chi connectivity index (χ2v) is 6.16. The number of nitro benzene ring substituents is 1. The lowest BCUT2D eigenvalue weighted by Gasteiger charge is -2.07. The fraction of sp³-hybridized carbons (Fsp3) is 0.136. The lowest BCUT2D eigenvalue weighted by molar-refractivity contribution is -0.385. The molecule has 3 aromatic rings. The number of hydrogen-bond donors (Lipinski definition) is 1. The number of benzene rings is 3. The predicted molar refractivity (Wildman–Crippen MR) is 109 cm³/mol. The number of ether oxygens (including phenoxy) is 1. The highest BCUT2D eigenvalue weighted by Crippen LogP contribution is 2.31. The van der Waals surface area contributed by atoms with Crippen molar-refractivity contribution in [2.75, 3.05) is 6.61 Å². The summed E-state index contributed by atoms with van der Waals surface area (Å²) < 4.78 is 5.39. The molecule has 0 fully saturated rings. The van der Waals surface area contributed by atoms with Gasteiger partial charge in [-0.2, -0.15) is 0 Å². The number of hydrogen-bond acceptors (Lipinski definition) is 5. The van der Waals surface area contributed by atoms with E-state index < -0.39 is 10.7 Å². The van der Waals surface area contributed by atoms with Gasteiger partial charge in [-0.25, -0.2) is 0 Å². The Morgan fingerprint density at radius 1 is 1.07 bits per heavy atom. The number of nitrogens with zero attached hydrogens (tertiary/aromatic N) is 2. The lowest BCUT2D eigenvalue weighted by atomic mass is 10.0. The van der Waals surface area contributed by atoms with E-state index >= 15 is 0 Å². The standard InChI is InChI=1S/C22H20N2O4/c1-2-28-20-10-8-19(9-11-20)23-15-18-13-17(12-16-6-4-3-5-7-16)14-21(22(18)25)24(26)27/h3-11,13-15,25H,2,12H2,1H3. The summed E-state index contributed by atoms with van der Waals surface area (Å²) in [6.45, 7) is 2.48. The van der Waals surface area contributed by atoms with Gasteiger partial charge in [0.05, 0.1) is 17.2 Å². The van der Waals surface area contributed by atoms with E-state index in [0.29, 0.717) is 24.3 Å². The Morgan fingerprint density at radius 3 is 2.43 bits per heavy atom. The Hall–Kier alpha value is -3.67. The van der Waals surface area contributed by atoms with Gasteiger partial charge >= 0.3 is 5.69 Å². The van der Waals surface area contributed by atoms with Crippen molar-refractivity contribution in [1.82, 2.24) is 0 Å². The van der Waals surface area contributed by atoms with E-state index in [1.54, 1.807) is 30.3 Å². The number of aromatic hydroxyl groups is 1. The van der Waals surface area contributed by atoms with Gasteiger partial charge < -0.3 is 9.84 Å². The molecule has 28 heavy (non-hydrogen) atoms. The summed E-state index contributed by atoms with van der Waals surface area (Å²) in [5.74, 6) is 0.348. The van der Waals surface area contributed by atoms with E-state index in [0.717, 1.165) is 16.9 Å². The molecule has 0 aliphatic rings. The van der Waals surface area contributed by atoms with E-state index in [1.165, 1.54) is 12.3 Å². The van der Waals surface area contributed by atoms with Crippen LogP contribution in [0.4, 0.5) is 11.4 Å². The van der Waals surface area contributed by atoms with Crippen LogP contribution in [0.15, 0.2) is 71.7 Å². The molecule has 3 aromatic carbocycles. The maximum absolute atomic E-state index is 11.3. The molecule has 0 aromatic heterocycles. The SMILES string of the molecule is CCOc1ccc(N=Cc2cc(Cc3ccccc3)cc([N+](=O)[O-])c2O)cc1. The van der Waals surface area contributed by atoms with Gasteiger partial charge in [0.15, 0.2) is 0 Å². The molecule has 0 heterocycles. The van der Waals surface area contributed by atoms with Crippen molar-refractivity contribution in [3.8, 4) is 11.5 Å². The first kappa shape index (κ1) is 19.1. The van der Waals surface area contributed by atoms with Crippen LogP contribution in [-0.4, -0.2) is 22.9 Å². The van der Waals surface area contributed by atoms with Crippen LogP contribution in [0.1, 0.15) is 23.6 Å². The van der Waals surface area contributed by atoms with Crippen molar-refractivity contribution in [1.29, 1.82) is 0 Å². The van der Waals surface area contributed by atoms with Crippen LogP contribution < -0.4 is 4.74 Å². The third-order valence-corrected chi connectivity index (χ3v) is 4.13. The topological polar surface area (TPSA) is 85.0 Å². The average molecular weight is 376 g/mol. The quantitative estimate of drug-likeness (QED) is 0.356. The largest absolute Gasteiger partial charge is 0.502 e. The first-order chi connectivity index (χ1) is 13.6. The first-order valence-corrected chi connectivity index (χ1v) is 8.88. The minimum atomic E-state index is -0.585. The van der Waals surface area contributed by atoms with Crippen LogP contribution in [0, 0.1) is 10.1 Å². The summed E-state index contributed by atoms with van der Waals surface area (Å²) in [6.07, 6.45) is 1.96. The Bertz CT molecular complexity index is 983. The molecule has 0 unspecified atom stereocenters. The molecule has 0 bridgehead atoms. The second kappa shape index (κ2) is 8.81. The highest BCUT2D eigenvalue weighted by Gasteiger charge is 2.18. The molecule has 0 saturated heterocycles.